The minimum atomic E-state index is 0.575. The molecule has 1 fully saturated rings. The van der Waals surface area contributed by atoms with E-state index in [1.165, 1.54) is 31.6 Å². The Morgan fingerprint density at radius 3 is 2.75 bits per heavy atom. The molecule has 4 heteroatoms. The Morgan fingerprint density at radius 1 is 1.35 bits per heavy atom. The van der Waals surface area contributed by atoms with E-state index >= 15 is 0 Å². The molecule has 0 aliphatic carbocycles. The molecule has 1 aliphatic rings. The Hall–Kier alpha value is -1.39. The lowest BCUT2D eigenvalue weighted by molar-refractivity contribution is 0.171. The lowest BCUT2D eigenvalue weighted by Gasteiger charge is -2.33. The molecule has 0 bridgehead atoms. The smallest absolute Gasteiger partial charge is 0.137 e. The minimum Gasteiger partial charge on any atom is -0.326 e. The third kappa shape index (κ3) is 2.58. The molecule has 0 spiro atoms. The number of hydrogen-bond donors (Lipinski definition) is 1. The maximum Gasteiger partial charge on any atom is 0.137 e. The summed E-state index contributed by atoms with van der Waals surface area (Å²) in [5.41, 5.74) is 9.10. The molecule has 1 aliphatic heterocycles. The molecule has 20 heavy (non-hydrogen) atoms. The predicted molar refractivity (Wildman–Crippen MR) is 81.8 cm³/mol. The Balaban J connectivity index is 1.78. The van der Waals surface area contributed by atoms with Crippen molar-refractivity contribution in [3.63, 3.8) is 0 Å². The number of rotatable bonds is 3. The number of fused-ring (bicyclic) bond motifs is 1. The third-order valence-corrected chi connectivity index (χ3v) is 4.46. The maximum atomic E-state index is 5.69. The molecule has 1 saturated heterocycles. The van der Waals surface area contributed by atoms with E-state index in [2.05, 4.69) is 47.7 Å². The molecule has 3 heterocycles. The average molecular weight is 272 g/mol. The number of nitrogens with zero attached hydrogens (tertiary/aromatic N) is 3. The minimum absolute atomic E-state index is 0.575. The number of hydrogen-bond acceptors (Lipinski definition) is 3. The predicted octanol–water partition coefficient (Wildman–Crippen LogP) is 2.38. The van der Waals surface area contributed by atoms with Gasteiger partial charge in [0.15, 0.2) is 0 Å². The van der Waals surface area contributed by atoms with Crippen LogP contribution in [0, 0.1) is 0 Å². The first-order chi connectivity index (χ1) is 9.67. The fourth-order valence-electron chi connectivity index (χ4n) is 3.08. The highest BCUT2D eigenvalue weighted by molar-refractivity contribution is 5.43. The number of aromatic nitrogens is 2. The number of pyridine rings is 1. The van der Waals surface area contributed by atoms with Gasteiger partial charge in [0.25, 0.3) is 0 Å². The summed E-state index contributed by atoms with van der Waals surface area (Å²) in [6, 6.07) is 4.82. The maximum absolute atomic E-state index is 5.69. The number of imidazole rings is 1. The second kappa shape index (κ2) is 5.54. The molecule has 2 N–H and O–H groups in total. The van der Waals surface area contributed by atoms with Crippen LogP contribution in [0.5, 0.6) is 0 Å². The molecule has 4 nitrogen and oxygen atoms in total. The van der Waals surface area contributed by atoms with E-state index in [4.69, 9.17) is 10.7 Å². The molecule has 0 aromatic carbocycles. The standard InChI is InChI=1S/C16H24N4/c1-12(2)19-7-4-14(5-8-19)15-11-20-6-3-13(10-17)9-16(20)18-15/h3,6,9,11-12,14H,4-5,7-8,10,17H2,1-2H3. The highest BCUT2D eigenvalue weighted by Gasteiger charge is 2.23. The topological polar surface area (TPSA) is 46.6 Å². The Labute approximate surface area is 120 Å². The summed E-state index contributed by atoms with van der Waals surface area (Å²) in [7, 11) is 0. The first-order valence-corrected chi connectivity index (χ1v) is 7.59. The van der Waals surface area contributed by atoms with Crippen molar-refractivity contribution in [3.8, 4) is 0 Å². The van der Waals surface area contributed by atoms with E-state index < -0.39 is 0 Å². The van der Waals surface area contributed by atoms with Gasteiger partial charge in [-0.3, -0.25) is 0 Å². The van der Waals surface area contributed by atoms with Crippen LogP contribution in [0.2, 0.25) is 0 Å². The van der Waals surface area contributed by atoms with E-state index in [-0.39, 0.29) is 0 Å². The molecule has 0 saturated carbocycles. The first-order valence-electron chi connectivity index (χ1n) is 7.59. The summed E-state index contributed by atoms with van der Waals surface area (Å²) in [5.74, 6) is 0.603. The molecule has 2 aromatic rings. The van der Waals surface area contributed by atoms with Crippen molar-refractivity contribution in [1.82, 2.24) is 14.3 Å². The van der Waals surface area contributed by atoms with Gasteiger partial charge in [-0.1, -0.05) is 0 Å². The van der Waals surface area contributed by atoms with E-state index in [0.717, 1.165) is 11.2 Å². The van der Waals surface area contributed by atoms with Gasteiger partial charge in [0.05, 0.1) is 5.69 Å². The zero-order valence-corrected chi connectivity index (χ0v) is 12.4. The van der Waals surface area contributed by atoms with Crippen molar-refractivity contribution in [2.24, 2.45) is 5.73 Å². The third-order valence-electron chi connectivity index (χ3n) is 4.46. The fourth-order valence-corrected chi connectivity index (χ4v) is 3.08. The summed E-state index contributed by atoms with van der Waals surface area (Å²) >= 11 is 0. The van der Waals surface area contributed by atoms with Crippen LogP contribution in [0.1, 0.15) is 43.9 Å². The SMILES string of the molecule is CC(C)N1CCC(c2cn3ccc(CN)cc3n2)CC1. The second-order valence-corrected chi connectivity index (χ2v) is 6.07. The number of piperidine rings is 1. The molecule has 108 valence electrons. The summed E-state index contributed by atoms with van der Waals surface area (Å²) in [5, 5.41) is 0. The van der Waals surface area contributed by atoms with Crippen LogP contribution >= 0.6 is 0 Å². The van der Waals surface area contributed by atoms with Crippen LogP contribution in [0.3, 0.4) is 0 Å². The van der Waals surface area contributed by atoms with E-state index in [9.17, 15) is 0 Å². The zero-order chi connectivity index (χ0) is 14.1. The monoisotopic (exact) mass is 272 g/mol. The van der Waals surface area contributed by atoms with Crippen molar-refractivity contribution < 1.29 is 0 Å². The van der Waals surface area contributed by atoms with Crippen LogP contribution in [0.15, 0.2) is 24.5 Å². The Bertz CT molecular complexity index is 579. The summed E-state index contributed by atoms with van der Waals surface area (Å²) in [4.78, 5) is 7.36. The highest BCUT2D eigenvalue weighted by Crippen LogP contribution is 2.28. The molecular formula is C16H24N4. The first kappa shape index (κ1) is 13.6. The van der Waals surface area contributed by atoms with Crippen molar-refractivity contribution in [3.05, 3.63) is 35.8 Å². The molecule has 0 unspecified atom stereocenters. The van der Waals surface area contributed by atoms with Crippen LogP contribution in [0.4, 0.5) is 0 Å². The Kier molecular flexibility index (Phi) is 3.76. The van der Waals surface area contributed by atoms with Crippen molar-refractivity contribution in [1.29, 1.82) is 0 Å². The lowest BCUT2D eigenvalue weighted by atomic mass is 9.93. The molecular weight excluding hydrogens is 248 g/mol. The van der Waals surface area contributed by atoms with Crippen molar-refractivity contribution in [2.75, 3.05) is 13.1 Å². The second-order valence-electron chi connectivity index (χ2n) is 6.07. The van der Waals surface area contributed by atoms with Gasteiger partial charge in [-0.2, -0.15) is 0 Å². The van der Waals surface area contributed by atoms with E-state index in [1.54, 1.807) is 0 Å². The van der Waals surface area contributed by atoms with Crippen molar-refractivity contribution >= 4 is 5.65 Å². The normalized spacial score (nSPS) is 18.2. The molecule has 0 radical (unpaired) electrons. The summed E-state index contributed by atoms with van der Waals surface area (Å²) in [6.07, 6.45) is 6.68. The molecule has 2 aromatic heterocycles. The lowest BCUT2D eigenvalue weighted by Crippen LogP contribution is -2.37. The van der Waals surface area contributed by atoms with Gasteiger partial charge in [0, 0.05) is 30.9 Å². The zero-order valence-electron chi connectivity index (χ0n) is 12.4. The van der Waals surface area contributed by atoms with Gasteiger partial charge in [-0.15, -0.1) is 0 Å². The van der Waals surface area contributed by atoms with Gasteiger partial charge < -0.3 is 15.0 Å². The van der Waals surface area contributed by atoms with Gasteiger partial charge in [0.1, 0.15) is 5.65 Å². The molecule has 3 rings (SSSR count). The van der Waals surface area contributed by atoms with E-state index in [0.29, 0.717) is 18.5 Å². The van der Waals surface area contributed by atoms with Crippen LogP contribution in [-0.4, -0.2) is 33.4 Å². The fraction of sp³-hybridized carbons (Fsp3) is 0.562. The van der Waals surface area contributed by atoms with Gasteiger partial charge in [0.2, 0.25) is 0 Å². The molecule has 0 atom stereocenters. The van der Waals surface area contributed by atoms with E-state index in [1.807, 2.05) is 0 Å². The van der Waals surface area contributed by atoms with Gasteiger partial charge in [-0.05, 0) is 57.5 Å². The number of likely N-dealkylation sites (tertiary alicyclic amines) is 1. The van der Waals surface area contributed by atoms with Crippen LogP contribution < -0.4 is 5.73 Å². The Morgan fingerprint density at radius 2 is 2.10 bits per heavy atom. The number of nitrogens with two attached hydrogens (primary N) is 1. The average Bonchev–Trinajstić information content (AvgIpc) is 2.90. The van der Waals surface area contributed by atoms with Crippen LogP contribution in [0.25, 0.3) is 5.65 Å². The summed E-state index contributed by atoms with van der Waals surface area (Å²) in [6.45, 7) is 7.50. The largest absolute Gasteiger partial charge is 0.326 e. The van der Waals surface area contributed by atoms with Gasteiger partial charge in [-0.25, -0.2) is 4.98 Å². The quantitative estimate of drug-likeness (QED) is 0.933. The highest BCUT2D eigenvalue weighted by atomic mass is 15.1. The summed E-state index contributed by atoms with van der Waals surface area (Å²) < 4.78 is 2.11. The molecule has 0 amide bonds. The van der Waals surface area contributed by atoms with Crippen LogP contribution in [-0.2, 0) is 6.54 Å². The van der Waals surface area contributed by atoms with Gasteiger partial charge >= 0.3 is 0 Å². The van der Waals surface area contributed by atoms with Crippen molar-refractivity contribution in [2.45, 2.75) is 45.2 Å².